The Hall–Kier alpha value is -3.06. The number of hydrogen-bond donors (Lipinski definition) is 2. The summed E-state index contributed by atoms with van der Waals surface area (Å²) in [4.78, 5) is 35.0. The number of ether oxygens (including phenoxy) is 2. The highest BCUT2D eigenvalue weighted by molar-refractivity contribution is 6.31. The summed E-state index contributed by atoms with van der Waals surface area (Å²) in [6, 6.07) is 10.3. The van der Waals surface area contributed by atoms with Crippen LogP contribution in [0.2, 0.25) is 5.02 Å². The lowest BCUT2D eigenvalue weighted by Gasteiger charge is -2.17. The van der Waals surface area contributed by atoms with Gasteiger partial charge in [-0.3, -0.25) is 9.59 Å². The molecule has 0 fully saturated rings. The molecule has 0 saturated carbocycles. The Balaban J connectivity index is 1.43. The smallest absolute Gasteiger partial charge is 0.344 e. The zero-order valence-corrected chi connectivity index (χ0v) is 16.0. The summed E-state index contributed by atoms with van der Waals surface area (Å²) < 4.78 is 10.3. The van der Waals surface area contributed by atoms with Gasteiger partial charge < -0.3 is 20.1 Å². The fraction of sp³-hybridized carbons (Fsp3) is 0.250. The zero-order chi connectivity index (χ0) is 20.1. The quantitative estimate of drug-likeness (QED) is 0.724. The second-order valence-corrected chi connectivity index (χ2v) is 6.74. The first-order chi connectivity index (χ1) is 13.4. The molecule has 1 aliphatic heterocycles. The van der Waals surface area contributed by atoms with Crippen LogP contribution >= 0.6 is 11.6 Å². The first-order valence-corrected chi connectivity index (χ1v) is 9.06. The largest absolute Gasteiger partial charge is 0.482 e. The SMILES string of the molecule is Cc1ccc(NC(=O)COC(=O)COc2ccc3c(c2)CCC(=O)N3)cc1Cl. The highest BCUT2D eigenvalue weighted by atomic mass is 35.5. The number of rotatable bonds is 6. The molecular weight excluding hydrogens is 384 g/mol. The van der Waals surface area contributed by atoms with Crippen molar-refractivity contribution in [2.75, 3.05) is 23.8 Å². The van der Waals surface area contributed by atoms with Crippen molar-refractivity contribution in [2.45, 2.75) is 19.8 Å². The van der Waals surface area contributed by atoms with E-state index in [1.165, 1.54) is 0 Å². The highest BCUT2D eigenvalue weighted by Crippen LogP contribution is 2.26. The second kappa shape index (κ2) is 8.75. The third-order valence-corrected chi connectivity index (χ3v) is 4.56. The molecule has 0 spiro atoms. The number of hydrogen-bond acceptors (Lipinski definition) is 5. The molecule has 0 saturated heterocycles. The molecule has 2 N–H and O–H groups in total. The van der Waals surface area contributed by atoms with E-state index in [9.17, 15) is 14.4 Å². The molecule has 8 heteroatoms. The first-order valence-electron chi connectivity index (χ1n) is 8.68. The van der Waals surface area contributed by atoms with Gasteiger partial charge in [0.25, 0.3) is 5.91 Å². The molecule has 1 aliphatic rings. The van der Waals surface area contributed by atoms with Crippen molar-refractivity contribution >= 4 is 40.8 Å². The molecule has 0 radical (unpaired) electrons. The van der Waals surface area contributed by atoms with Crippen LogP contribution in [0.4, 0.5) is 11.4 Å². The normalized spacial score (nSPS) is 12.6. The molecule has 3 rings (SSSR count). The van der Waals surface area contributed by atoms with E-state index in [0.29, 0.717) is 29.3 Å². The van der Waals surface area contributed by atoms with Crippen LogP contribution in [-0.4, -0.2) is 31.0 Å². The van der Waals surface area contributed by atoms with Gasteiger partial charge in [0, 0.05) is 22.8 Å². The predicted octanol–water partition coefficient (Wildman–Crippen LogP) is 3.09. The number of nitrogens with one attached hydrogen (secondary N) is 2. The van der Waals surface area contributed by atoms with Crippen molar-refractivity contribution in [1.29, 1.82) is 0 Å². The zero-order valence-electron chi connectivity index (χ0n) is 15.2. The minimum absolute atomic E-state index is 0.0177. The maximum Gasteiger partial charge on any atom is 0.344 e. The fourth-order valence-electron chi connectivity index (χ4n) is 2.65. The number of anilines is 2. The minimum Gasteiger partial charge on any atom is -0.482 e. The summed E-state index contributed by atoms with van der Waals surface area (Å²) in [5.41, 5.74) is 3.11. The molecule has 1 heterocycles. The maximum absolute atomic E-state index is 11.9. The van der Waals surface area contributed by atoms with Gasteiger partial charge in [-0.05, 0) is 54.8 Å². The van der Waals surface area contributed by atoms with Crippen LogP contribution < -0.4 is 15.4 Å². The van der Waals surface area contributed by atoms with E-state index in [4.69, 9.17) is 21.1 Å². The standard InChI is InChI=1S/C20H19ClN2O5/c1-12-2-4-14(9-16(12)21)22-19(25)10-28-20(26)11-27-15-5-6-17-13(8-15)3-7-18(24)23-17/h2,4-6,8-9H,3,7,10-11H2,1H3,(H,22,25)(H,23,24). The van der Waals surface area contributed by atoms with Gasteiger partial charge in [-0.2, -0.15) is 0 Å². The molecule has 7 nitrogen and oxygen atoms in total. The topological polar surface area (TPSA) is 93.7 Å². The average molecular weight is 403 g/mol. The second-order valence-electron chi connectivity index (χ2n) is 6.33. The van der Waals surface area contributed by atoms with Gasteiger partial charge in [0.05, 0.1) is 0 Å². The summed E-state index contributed by atoms with van der Waals surface area (Å²) in [7, 11) is 0. The van der Waals surface area contributed by atoms with Crippen LogP contribution in [-0.2, 0) is 25.5 Å². The average Bonchev–Trinajstić information content (AvgIpc) is 2.67. The van der Waals surface area contributed by atoms with Crippen LogP contribution in [0.15, 0.2) is 36.4 Å². The Morgan fingerprint density at radius 3 is 2.75 bits per heavy atom. The molecule has 28 heavy (non-hydrogen) atoms. The van der Waals surface area contributed by atoms with E-state index >= 15 is 0 Å². The van der Waals surface area contributed by atoms with Crippen molar-refractivity contribution in [3.8, 4) is 5.75 Å². The van der Waals surface area contributed by atoms with Crippen molar-refractivity contribution in [3.63, 3.8) is 0 Å². The Morgan fingerprint density at radius 1 is 1.14 bits per heavy atom. The molecule has 2 aromatic rings. The first kappa shape index (κ1) is 19.7. The molecule has 0 unspecified atom stereocenters. The van der Waals surface area contributed by atoms with Crippen molar-refractivity contribution in [1.82, 2.24) is 0 Å². The Labute approximate surface area is 167 Å². The summed E-state index contributed by atoms with van der Waals surface area (Å²) in [5, 5.41) is 5.91. The van der Waals surface area contributed by atoms with E-state index < -0.39 is 18.5 Å². The third kappa shape index (κ3) is 5.23. The van der Waals surface area contributed by atoms with Crippen LogP contribution in [0, 0.1) is 6.92 Å². The number of carbonyl (C=O) groups is 3. The van der Waals surface area contributed by atoms with Crippen molar-refractivity contribution in [3.05, 3.63) is 52.5 Å². The Morgan fingerprint density at radius 2 is 1.96 bits per heavy atom. The van der Waals surface area contributed by atoms with Crippen LogP contribution in [0.3, 0.4) is 0 Å². The van der Waals surface area contributed by atoms with Gasteiger partial charge in [0.1, 0.15) is 5.75 Å². The lowest BCUT2D eigenvalue weighted by Crippen LogP contribution is -2.23. The molecule has 2 amide bonds. The predicted molar refractivity (Wildman–Crippen MR) is 105 cm³/mol. The van der Waals surface area contributed by atoms with Gasteiger partial charge in [-0.1, -0.05) is 17.7 Å². The summed E-state index contributed by atoms with van der Waals surface area (Å²) in [5.74, 6) is -0.664. The van der Waals surface area contributed by atoms with Crippen LogP contribution in [0.1, 0.15) is 17.5 Å². The van der Waals surface area contributed by atoms with Gasteiger partial charge in [-0.25, -0.2) is 4.79 Å². The molecule has 146 valence electrons. The number of esters is 1. The number of aryl methyl sites for hydroxylation is 2. The lowest BCUT2D eigenvalue weighted by atomic mass is 10.0. The molecular formula is C20H19ClN2O5. The van der Waals surface area contributed by atoms with Crippen LogP contribution in [0.5, 0.6) is 5.75 Å². The van der Waals surface area contributed by atoms with Gasteiger partial charge in [0.2, 0.25) is 5.91 Å². The van der Waals surface area contributed by atoms with E-state index in [-0.39, 0.29) is 12.5 Å². The van der Waals surface area contributed by atoms with Gasteiger partial charge >= 0.3 is 5.97 Å². The molecule has 0 atom stereocenters. The number of amides is 2. The fourth-order valence-corrected chi connectivity index (χ4v) is 2.83. The van der Waals surface area contributed by atoms with Gasteiger partial charge in [-0.15, -0.1) is 0 Å². The van der Waals surface area contributed by atoms with Crippen LogP contribution in [0.25, 0.3) is 0 Å². The third-order valence-electron chi connectivity index (χ3n) is 4.15. The summed E-state index contributed by atoms with van der Waals surface area (Å²) in [6.07, 6.45) is 1.03. The molecule has 2 aromatic carbocycles. The van der Waals surface area contributed by atoms with Gasteiger partial charge in [0.15, 0.2) is 13.2 Å². The number of fused-ring (bicyclic) bond motifs is 1. The molecule has 0 aromatic heterocycles. The summed E-state index contributed by atoms with van der Waals surface area (Å²) in [6.45, 7) is 1.10. The highest BCUT2D eigenvalue weighted by Gasteiger charge is 2.16. The van der Waals surface area contributed by atoms with E-state index in [2.05, 4.69) is 10.6 Å². The Kier molecular flexibility index (Phi) is 6.16. The maximum atomic E-state index is 11.9. The number of benzene rings is 2. The molecule has 0 bridgehead atoms. The minimum atomic E-state index is -0.664. The Bertz CT molecular complexity index is 929. The number of halogens is 1. The summed E-state index contributed by atoms with van der Waals surface area (Å²) >= 11 is 6.00. The van der Waals surface area contributed by atoms with E-state index in [0.717, 1.165) is 16.8 Å². The van der Waals surface area contributed by atoms with Crippen molar-refractivity contribution < 1.29 is 23.9 Å². The lowest BCUT2D eigenvalue weighted by molar-refractivity contribution is -0.149. The molecule has 0 aliphatic carbocycles. The van der Waals surface area contributed by atoms with E-state index in [1.54, 1.807) is 36.4 Å². The van der Waals surface area contributed by atoms with Crippen molar-refractivity contribution in [2.24, 2.45) is 0 Å². The number of carbonyl (C=O) groups excluding carboxylic acids is 3. The monoisotopic (exact) mass is 402 g/mol. The van der Waals surface area contributed by atoms with E-state index in [1.807, 2.05) is 6.92 Å².